The predicted molar refractivity (Wildman–Crippen MR) is 64.6 cm³/mol. The van der Waals surface area contributed by atoms with E-state index >= 15 is 0 Å². The van der Waals surface area contributed by atoms with Crippen LogP contribution in [0.1, 0.15) is 32.1 Å². The Balaban J connectivity index is 1.52. The second kappa shape index (κ2) is 7.05. The zero-order chi connectivity index (χ0) is 11.1. The molecular formula is C13H23NO2. The van der Waals surface area contributed by atoms with E-state index in [1.54, 1.807) is 0 Å². The number of ether oxygens (including phenoxy) is 2. The third kappa shape index (κ3) is 4.24. The van der Waals surface area contributed by atoms with Gasteiger partial charge in [0.2, 0.25) is 0 Å². The maximum absolute atomic E-state index is 5.69. The summed E-state index contributed by atoms with van der Waals surface area (Å²) in [6.45, 7) is 4.70. The van der Waals surface area contributed by atoms with Gasteiger partial charge in [0.15, 0.2) is 0 Å². The largest absolute Gasteiger partial charge is 0.378 e. The van der Waals surface area contributed by atoms with Crippen molar-refractivity contribution in [2.75, 3.05) is 32.9 Å². The van der Waals surface area contributed by atoms with E-state index in [0.29, 0.717) is 6.10 Å². The van der Waals surface area contributed by atoms with Gasteiger partial charge in [-0.15, -0.1) is 0 Å². The van der Waals surface area contributed by atoms with Gasteiger partial charge in [0.1, 0.15) is 0 Å². The van der Waals surface area contributed by atoms with Gasteiger partial charge in [-0.25, -0.2) is 0 Å². The fourth-order valence-electron chi connectivity index (χ4n) is 2.28. The molecule has 0 amide bonds. The van der Waals surface area contributed by atoms with Crippen molar-refractivity contribution in [2.24, 2.45) is 0 Å². The molecule has 0 radical (unpaired) electrons. The molecule has 1 N–H and O–H groups in total. The normalized spacial score (nSPS) is 26.5. The highest BCUT2D eigenvalue weighted by Crippen LogP contribution is 2.14. The van der Waals surface area contributed by atoms with Crippen LogP contribution < -0.4 is 5.32 Å². The Labute approximate surface area is 98.2 Å². The third-order valence-electron chi connectivity index (χ3n) is 3.25. The Bertz CT molecular complexity index is 222. The van der Waals surface area contributed by atoms with E-state index in [1.165, 1.54) is 24.8 Å². The molecule has 1 atom stereocenters. The summed E-state index contributed by atoms with van der Waals surface area (Å²) in [6.07, 6.45) is 8.84. The zero-order valence-corrected chi connectivity index (χ0v) is 10.0. The fourth-order valence-corrected chi connectivity index (χ4v) is 2.28. The van der Waals surface area contributed by atoms with Gasteiger partial charge in [-0.05, 0) is 44.2 Å². The summed E-state index contributed by atoms with van der Waals surface area (Å²) in [5, 5.41) is 3.47. The summed E-state index contributed by atoms with van der Waals surface area (Å²) in [6, 6.07) is 0. The number of rotatable bonds is 5. The Morgan fingerprint density at radius 2 is 2.31 bits per heavy atom. The van der Waals surface area contributed by atoms with Gasteiger partial charge >= 0.3 is 0 Å². The van der Waals surface area contributed by atoms with E-state index in [9.17, 15) is 0 Å². The lowest BCUT2D eigenvalue weighted by atomic mass is 10.1. The molecule has 16 heavy (non-hydrogen) atoms. The summed E-state index contributed by atoms with van der Waals surface area (Å²) in [7, 11) is 0. The van der Waals surface area contributed by atoms with E-state index in [-0.39, 0.29) is 0 Å². The molecule has 2 heterocycles. The van der Waals surface area contributed by atoms with Gasteiger partial charge in [0.05, 0.1) is 19.3 Å². The number of hydrogen-bond donors (Lipinski definition) is 1. The molecule has 1 saturated heterocycles. The first-order valence-electron chi connectivity index (χ1n) is 6.53. The molecule has 1 unspecified atom stereocenters. The molecule has 0 saturated carbocycles. The van der Waals surface area contributed by atoms with Crippen LogP contribution in [0.4, 0.5) is 0 Å². The number of nitrogens with one attached hydrogen (secondary N) is 1. The number of hydrogen-bond acceptors (Lipinski definition) is 3. The zero-order valence-electron chi connectivity index (χ0n) is 10.0. The molecule has 2 aliphatic rings. The molecule has 0 aromatic carbocycles. The van der Waals surface area contributed by atoms with Crippen molar-refractivity contribution in [3.63, 3.8) is 0 Å². The standard InChI is InChI=1S/C13H23NO2/c1-2-9-16-13(5-1)6-7-14-10-12-4-3-8-15-11-12/h4,13-14H,1-3,5-11H2. The minimum Gasteiger partial charge on any atom is -0.378 e. The van der Waals surface area contributed by atoms with E-state index in [2.05, 4.69) is 11.4 Å². The third-order valence-corrected chi connectivity index (χ3v) is 3.25. The maximum atomic E-state index is 5.69. The van der Waals surface area contributed by atoms with Gasteiger partial charge in [0, 0.05) is 13.2 Å². The first kappa shape index (κ1) is 12.1. The minimum atomic E-state index is 0.498. The van der Waals surface area contributed by atoms with Crippen molar-refractivity contribution in [1.82, 2.24) is 5.32 Å². The molecule has 3 nitrogen and oxygen atoms in total. The minimum absolute atomic E-state index is 0.498. The highest BCUT2D eigenvalue weighted by Gasteiger charge is 2.12. The highest BCUT2D eigenvalue weighted by atomic mass is 16.5. The van der Waals surface area contributed by atoms with E-state index in [1.807, 2.05) is 0 Å². The molecule has 0 aromatic heterocycles. The van der Waals surface area contributed by atoms with Gasteiger partial charge in [-0.1, -0.05) is 6.08 Å². The molecule has 0 bridgehead atoms. The first-order valence-corrected chi connectivity index (χ1v) is 6.53. The molecular weight excluding hydrogens is 202 g/mol. The fraction of sp³-hybridized carbons (Fsp3) is 0.846. The van der Waals surface area contributed by atoms with Crippen LogP contribution >= 0.6 is 0 Å². The average Bonchev–Trinajstić information content (AvgIpc) is 2.37. The molecule has 2 aliphatic heterocycles. The van der Waals surface area contributed by atoms with Crippen LogP contribution in [0, 0.1) is 0 Å². The predicted octanol–water partition coefficient (Wildman–Crippen LogP) is 1.88. The van der Waals surface area contributed by atoms with Gasteiger partial charge in [-0.3, -0.25) is 0 Å². The Kier molecular flexibility index (Phi) is 5.32. The SMILES string of the molecule is C1=C(CNCCC2CCCCO2)COCC1. The van der Waals surface area contributed by atoms with Crippen LogP contribution in [0.5, 0.6) is 0 Å². The summed E-state index contributed by atoms with van der Waals surface area (Å²) in [5.74, 6) is 0. The monoisotopic (exact) mass is 225 g/mol. The highest BCUT2D eigenvalue weighted by molar-refractivity contribution is 5.06. The van der Waals surface area contributed by atoms with Crippen molar-refractivity contribution in [2.45, 2.75) is 38.2 Å². The molecule has 0 aromatic rings. The molecule has 2 rings (SSSR count). The van der Waals surface area contributed by atoms with E-state index in [0.717, 1.165) is 45.8 Å². The Morgan fingerprint density at radius 1 is 1.31 bits per heavy atom. The van der Waals surface area contributed by atoms with Crippen molar-refractivity contribution < 1.29 is 9.47 Å². The molecule has 92 valence electrons. The van der Waals surface area contributed by atoms with Crippen LogP contribution in [-0.4, -0.2) is 39.0 Å². The lowest BCUT2D eigenvalue weighted by Crippen LogP contribution is -2.27. The van der Waals surface area contributed by atoms with Gasteiger partial charge in [0.25, 0.3) is 0 Å². The van der Waals surface area contributed by atoms with Crippen LogP contribution in [0.2, 0.25) is 0 Å². The summed E-state index contributed by atoms with van der Waals surface area (Å²) in [4.78, 5) is 0. The topological polar surface area (TPSA) is 30.5 Å². The second-order valence-corrected chi connectivity index (χ2v) is 4.66. The second-order valence-electron chi connectivity index (χ2n) is 4.66. The van der Waals surface area contributed by atoms with Crippen molar-refractivity contribution >= 4 is 0 Å². The maximum Gasteiger partial charge on any atom is 0.0689 e. The molecule has 0 aliphatic carbocycles. The smallest absolute Gasteiger partial charge is 0.0689 e. The molecule has 1 fully saturated rings. The van der Waals surface area contributed by atoms with Crippen molar-refractivity contribution in [3.05, 3.63) is 11.6 Å². The van der Waals surface area contributed by atoms with Gasteiger partial charge < -0.3 is 14.8 Å². The molecule has 0 spiro atoms. The molecule has 3 heteroatoms. The lowest BCUT2D eigenvalue weighted by Gasteiger charge is -2.22. The summed E-state index contributed by atoms with van der Waals surface area (Å²) < 4.78 is 11.1. The lowest BCUT2D eigenvalue weighted by molar-refractivity contribution is 0.0116. The van der Waals surface area contributed by atoms with Crippen molar-refractivity contribution in [3.8, 4) is 0 Å². The van der Waals surface area contributed by atoms with Gasteiger partial charge in [-0.2, -0.15) is 0 Å². The quantitative estimate of drug-likeness (QED) is 0.572. The summed E-state index contributed by atoms with van der Waals surface area (Å²) in [5.41, 5.74) is 1.40. The van der Waals surface area contributed by atoms with Crippen LogP contribution in [0.25, 0.3) is 0 Å². The first-order chi connectivity index (χ1) is 7.95. The van der Waals surface area contributed by atoms with Crippen LogP contribution in [0.15, 0.2) is 11.6 Å². The van der Waals surface area contributed by atoms with E-state index < -0.39 is 0 Å². The Hall–Kier alpha value is -0.380. The van der Waals surface area contributed by atoms with Crippen molar-refractivity contribution in [1.29, 1.82) is 0 Å². The Morgan fingerprint density at radius 3 is 3.06 bits per heavy atom. The van der Waals surface area contributed by atoms with E-state index in [4.69, 9.17) is 9.47 Å². The average molecular weight is 225 g/mol. The van der Waals surface area contributed by atoms with Crippen LogP contribution in [0.3, 0.4) is 0 Å². The summed E-state index contributed by atoms with van der Waals surface area (Å²) >= 11 is 0. The van der Waals surface area contributed by atoms with Crippen LogP contribution in [-0.2, 0) is 9.47 Å².